The van der Waals surface area contributed by atoms with Crippen LogP contribution < -0.4 is 39.6 Å². The summed E-state index contributed by atoms with van der Waals surface area (Å²) in [5.74, 6) is -0.235. The van der Waals surface area contributed by atoms with Crippen LogP contribution in [-0.4, -0.2) is 45.0 Å². The molecule has 0 saturated carbocycles. The summed E-state index contributed by atoms with van der Waals surface area (Å²) >= 11 is 0. The second kappa shape index (κ2) is 10.5. The van der Waals surface area contributed by atoms with Crippen molar-refractivity contribution in [2.45, 2.75) is 22.6 Å². The monoisotopic (exact) mass is 450 g/mol. The third-order valence-electron chi connectivity index (χ3n) is 3.75. The molecule has 0 aliphatic rings. The van der Waals surface area contributed by atoms with Crippen LogP contribution in [0.4, 0.5) is 0 Å². The number of nitrogens with one attached hydrogen (secondary N) is 1. The van der Waals surface area contributed by atoms with E-state index in [1.165, 1.54) is 6.07 Å². The van der Waals surface area contributed by atoms with Gasteiger partial charge in [-0.2, -0.15) is 0 Å². The van der Waals surface area contributed by atoms with Crippen LogP contribution in [0.15, 0.2) is 52.8 Å². The number of hydrogen-bond acceptors (Lipinski definition) is 8. The average molecular weight is 450 g/mol. The van der Waals surface area contributed by atoms with E-state index < -0.39 is 30.0 Å². The zero-order valence-electron chi connectivity index (χ0n) is 15.6. The molecule has 0 fully saturated rings. The molecule has 1 amide bonds. The zero-order chi connectivity index (χ0) is 20.9. The minimum atomic E-state index is -4.83. The predicted molar refractivity (Wildman–Crippen MR) is 97.8 cm³/mol. The third-order valence-corrected chi connectivity index (χ3v) is 5.39. The van der Waals surface area contributed by atoms with Gasteiger partial charge in [-0.1, -0.05) is 6.58 Å². The van der Waals surface area contributed by atoms with Gasteiger partial charge in [-0.25, -0.2) is 16.8 Å². The summed E-state index contributed by atoms with van der Waals surface area (Å²) in [5, 5.41) is 3.01. The first-order valence-electron chi connectivity index (χ1n) is 8.05. The van der Waals surface area contributed by atoms with E-state index >= 15 is 0 Å². The molecule has 0 atom stereocenters. The summed E-state index contributed by atoms with van der Waals surface area (Å²) in [5.41, 5.74) is 0. The zero-order valence-corrected chi connectivity index (χ0v) is 19.2. The molecular formula is C17H17NNaO8S2-. The topological polar surface area (TPSA) is 153 Å². The SMILES string of the molecule is C=CC(=O)NCCCCOc1cc(S(=O)(=O)[O-])cc2cc(S(=O)(=O)[O-])ccc12.[Na+]. The maximum atomic E-state index is 11.4. The molecule has 2 aromatic rings. The first-order valence-corrected chi connectivity index (χ1v) is 10.9. The first kappa shape index (κ1) is 25.6. The fourth-order valence-corrected chi connectivity index (χ4v) is 3.43. The molecule has 0 saturated heterocycles. The Labute approximate surface area is 190 Å². The Bertz CT molecular complexity index is 1110. The second-order valence-corrected chi connectivity index (χ2v) is 8.52. The number of carbonyl (C=O) groups excluding carboxylic acids is 1. The number of benzene rings is 2. The Morgan fingerprint density at radius 3 is 2.24 bits per heavy atom. The molecule has 9 nitrogen and oxygen atoms in total. The van der Waals surface area contributed by atoms with Crippen molar-refractivity contribution in [3.8, 4) is 5.75 Å². The largest absolute Gasteiger partial charge is 1.00 e. The van der Waals surface area contributed by atoms with E-state index in [1.54, 1.807) is 0 Å². The fraction of sp³-hybridized carbons (Fsp3) is 0.235. The van der Waals surface area contributed by atoms with E-state index in [0.29, 0.717) is 24.8 Å². The van der Waals surface area contributed by atoms with Crippen molar-refractivity contribution >= 4 is 36.9 Å². The van der Waals surface area contributed by atoms with Crippen LogP contribution >= 0.6 is 0 Å². The van der Waals surface area contributed by atoms with Crippen LogP contribution in [0.25, 0.3) is 10.8 Å². The molecule has 1 N–H and O–H groups in total. The first-order chi connectivity index (χ1) is 13.0. The molecule has 0 heterocycles. The number of rotatable bonds is 9. The molecule has 2 aromatic carbocycles. The van der Waals surface area contributed by atoms with Gasteiger partial charge in [0.05, 0.1) is 16.4 Å². The van der Waals surface area contributed by atoms with E-state index in [-0.39, 0.29) is 53.2 Å². The standard InChI is InChI=1S/C17H19NO8S2.Na/c1-2-17(19)18-7-3-4-8-26-16-11-14(28(23,24)25)10-12-9-13(27(20,21)22)5-6-15(12)16;/h2,5-6,9-11H,1,3-4,7-8H2,(H,18,19)(H,20,21,22)(H,23,24,25);/q;+1/p-2. The molecular weight excluding hydrogens is 433 g/mol. The number of fused-ring (bicyclic) bond motifs is 1. The van der Waals surface area contributed by atoms with Crippen LogP contribution in [0.2, 0.25) is 0 Å². The minimum absolute atomic E-state index is 0. The molecule has 0 aromatic heterocycles. The molecule has 0 spiro atoms. The van der Waals surface area contributed by atoms with Gasteiger partial charge >= 0.3 is 29.6 Å². The molecule has 12 heteroatoms. The molecule has 29 heavy (non-hydrogen) atoms. The van der Waals surface area contributed by atoms with E-state index in [9.17, 15) is 30.7 Å². The van der Waals surface area contributed by atoms with Gasteiger partial charge in [-0.3, -0.25) is 4.79 Å². The van der Waals surface area contributed by atoms with E-state index in [2.05, 4.69) is 11.9 Å². The Kier molecular flexibility index (Phi) is 9.28. The van der Waals surface area contributed by atoms with Crippen LogP contribution in [0.5, 0.6) is 5.75 Å². The number of ether oxygens (including phenoxy) is 1. The molecule has 0 bridgehead atoms. The van der Waals surface area contributed by atoms with Gasteiger partial charge in [0.1, 0.15) is 26.0 Å². The van der Waals surface area contributed by atoms with Gasteiger partial charge in [0.2, 0.25) is 5.91 Å². The third kappa shape index (κ3) is 7.37. The smallest absolute Gasteiger partial charge is 0.744 e. The Balaban J connectivity index is 0.00000420. The van der Waals surface area contributed by atoms with Crippen molar-refractivity contribution in [2.24, 2.45) is 0 Å². The van der Waals surface area contributed by atoms with E-state index in [1.807, 2.05) is 0 Å². The van der Waals surface area contributed by atoms with Crippen LogP contribution in [0.3, 0.4) is 0 Å². The van der Waals surface area contributed by atoms with Gasteiger partial charge in [-0.15, -0.1) is 0 Å². The van der Waals surface area contributed by atoms with Crippen molar-refractivity contribution < 1.29 is 65.0 Å². The van der Waals surface area contributed by atoms with Crippen molar-refractivity contribution in [3.63, 3.8) is 0 Å². The van der Waals surface area contributed by atoms with Crippen LogP contribution in [0.1, 0.15) is 12.8 Å². The molecule has 0 aliphatic carbocycles. The Morgan fingerprint density at radius 2 is 1.66 bits per heavy atom. The predicted octanol–water partition coefficient (Wildman–Crippen LogP) is -1.89. The van der Waals surface area contributed by atoms with Crippen molar-refractivity contribution in [1.29, 1.82) is 0 Å². The Morgan fingerprint density at radius 1 is 1.03 bits per heavy atom. The number of carbonyl (C=O) groups is 1. The number of amides is 1. The summed E-state index contributed by atoms with van der Waals surface area (Å²) < 4.78 is 73.2. The fourth-order valence-electron chi connectivity index (χ4n) is 2.40. The summed E-state index contributed by atoms with van der Waals surface area (Å²) in [4.78, 5) is 9.88. The molecule has 0 radical (unpaired) electrons. The average Bonchev–Trinajstić information content (AvgIpc) is 2.61. The van der Waals surface area contributed by atoms with Gasteiger partial charge in [0.15, 0.2) is 0 Å². The van der Waals surface area contributed by atoms with Gasteiger partial charge in [0, 0.05) is 11.9 Å². The van der Waals surface area contributed by atoms with Crippen molar-refractivity contribution in [1.82, 2.24) is 5.32 Å². The summed E-state index contributed by atoms with van der Waals surface area (Å²) in [6, 6.07) is 5.41. The molecule has 0 aliphatic heterocycles. The summed E-state index contributed by atoms with van der Waals surface area (Å²) in [7, 11) is -9.58. The number of unbranched alkanes of at least 4 members (excludes halogenated alkanes) is 1. The van der Waals surface area contributed by atoms with Crippen LogP contribution in [-0.2, 0) is 25.0 Å². The minimum Gasteiger partial charge on any atom is -0.744 e. The van der Waals surface area contributed by atoms with Gasteiger partial charge in [-0.05, 0) is 54.6 Å². The summed E-state index contributed by atoms with van der Waals surface area (Å²) in [6.07, 6.45) is 2.24. The second-order valence-electron chi connectivity index (χ2n) is 5.76. The van der Waals surface area contributed by atoms with Gasteiger partial charge < -0.3 is 19.2 Å². The van der Waals surface area contributed by atoms with Crippen molar-refractivity contribution in [3.05, 3.63) is 43.0 Å². The van der Waals surface area contributed by atoms with E-state index in [0.717, 1.165) is 30.3 Å². The summed E-state index contributed by atoms with van der Waals surface area (Å²) in [6.45, 7) is 3.88. The van der Waals surface area contributed by atoms with Gasteiger partial charge in [0.25, 0.3) is 0 Å². The molecule has 2 rings (SSSR count). The van der Waals surface area contributed by atoms with E-state index in [4.69, 9.17) is 4.74 Å². The van der Waals surface area contributed by atoms with Crippen LogP contribution in [0, 0.1) is 0 Å². The molecule has 152 valence electrons. The Hall–Kier alpha value is -1.47. The maximum Gasteiger partial charge on any atom is 1.00 e. The van der Waals surface area contributed by atoms with Crippen molar-refractivity contribution in [2.75, 3.05) is 13.2 Å². The normalized spacial score (nSPS) is 11.5. The quantitative estimate of drug-likeness (QED) is 0.201. The maximum absolute atomic E-state index is 11.4. The molecule has 0 unspecified atom stereocenters. The number of hydrogen-bond donors (Lipinski definition) is 1.